The molecule has 102 valence electrons. The lowest BCUT2D eigenvalue weighted by Crippen LogP contribution is -2.21. The highest BCUT2D eigenvalue weighted by atomic mass is 16.3. The van der Waals surface area contributed by atoms with Crippen LogP contribution < -0.4 is 10.2 Å². The van der Waals surface area contributed by atoms with Crippen LogP contribution in [0.2, 0.25) is 0 Å². The van der Waals surface area contributed by atoms with Crippen molar-refractivity contribution in [2.24, 2.45) is 0 Å². The minimum Gasteiger partial charge on any atom is -0.467 e. The number of rotatable bonds is 6. The molecule has 0 aliphatic rings. The van der Waals surface area contributed by atoms with E-state index < -0.39 is 0 Å². The van der Waals surface area contributed by atoms with E-state index in [2.05, 4.69) is 54.4 Å². The van der Waals surface area contributed by atoms with E-state index in [4.69, 9.17) is 4.42 Å². The third kappa shape index (κ3) is 3.61. The van der Waals surface area contributed by atoms with Gasteiger partial charge in [0.15, 0.2) is 0 Å². The van der Waals surface area contributed by atoms with Crippen LogP contribution in [0.4, 0.5) is 5.69 Å². The second-order valence-corrected chi connectivity index (χ2v) is 4.80. The van der Waals surface area contributed by atoms with Gasteiger partial charge < -0.3 is 14.6 Å². The number of nitrogens with zero attached hydrogens (tertiary/aromatic N) is 1. The molecule has 2 aromatic rings. The molecule has 1 aromatic heterocycles. The summed E-state index contributed by atoms with van der Waals surface area (Å²) in [6.45, 7) is 6.89. The van der Waals surface area contributed by atoms with Gasteiger partial charge in [-0.05, 0) is 39.1 Å². The van der Waals surface area contributed by atoms with Gasteiger partial charge in [-0.2, -0.15) is 0 Å². The monoisotopic (exact) mass is 258 g/mol. The molecule has 0 aliphatic carbocycles. The fourth-order valence-electron chi connectivity index (χ4n) is 2.14. The Morgan fingerprint density at radius 3 is 2.58 bits per heavy atom. The molecule has 0 unspecified atom stereocenters. The zero-order valence-electron chi connectivity index (χ0n) is 11.9. The zero-order valence-corrected chi connectivity index (χ0v) is 11.9. The Morgan fingerprint density at radius 2 is 1.95 bits per heavy atom. The SMILES string of the molecule is CCN(Cc1cc(CNC)co1)c1ccc(C)cc1. The lowest BCUT2D eigenvalue weighted by molar-refractivity contribution is 0.501. The minimum absolute atomic E-state index is 0.809. The fourth-order valence-corrected chi connectivity index (χ4v) is 2.14. The molecule has 3 nitrogen and oxygen atoms in total. The first-order valence-corrected chi connectivity index (χ1v) is 6.75. The molecule has 0 atom stereocenters. The smallest absolute Gasteiger partial charge is 0.123 e. The quantitative estimate of drug-likeness (QED) is 0.861. The first kappa shape index (κ1) is 13.7. The Morgan fingerprint density at radius 1 is 1.21 bits per heavy atom. The average molecular weight is 258 g/mol. The topological polar surface area (TPSA) is 28.4 Å². The summed E-state index contributed by atoms with van der Waals surface area (Å²) in [5.74, 6) is 1.01. The van der Waals surface area contributed by atoms with E-state index in [9.17, 15) is 0 Å². The molecule has 0 fully saturated rings. The molecule has 1 aromatic carbocycles. The molecule has 19 heavy (non-hydrogen) atoms. The molecular weight excluding hydrogens is 236 g/mol. The number of aryl methyl sites for hydroxylation is 1. The Labute approximate surface area is 115 Å². The lowest BCUT2D eigenvalue weighted by Gasteiger charge is -2.22. The van der Waals surface area contributed by atoms with E-state index in [-0.39, 0.29) is 0 Å². The lowest BCUT2D eigenvalue weighted by atomic mass is 10.2. The van der Waals surface area contributed by atoms with Gasteiger partial charge in [-0.15, -0.1) is 0 Å². The Hall–Kier alpha value is -1.74. The van der Waals surface area contributed by atoms with Gasteiger partial charge in [-0.3, -0.25) is 0 Å². The molecule has 0 bridgehead atoms. The molecular formula is C16H22N2O. The van der Waals surface area contributed by atoms with Gasteiger partial charge in [-0.25, -0.2) is 0 Å². The largest absolute Gasteiger partial charge is 0.467 e. The molecule has 3 heteroatoms. The predicted octanol–water partition coefficient (Wildman–Crippen LogP) is 3.33. The zero-order chi connectivity index (χ0) is 13.7. The van der Waals surface area contributed by atoms with Crippen molar-refractivity contribution in [2.45, 2.75) is 26.9 Å². The van der Waals surface area contributed by atoms with Crippen molar-refractivity contribution in [1.29, 1.82) is 0 Å². The number of anilines is 1. The average Bonchev–Trinajstić information content (AvgIpc) is 2.85. The van der Waals surface area contributed by atoms with Crippen LogP contribution in [-0.4, -0.2) is 13.6 Å². The predicted molar refractivity (Wildman–Crippen MR) is 79.4 cm³/mol. The van der Waals surface area contributed by atoms with E-state index >= 15 is 0 Å². The van der Waals surface area contributed by atoms with Crippen molar-refractivity contribution in [1.82, 2.24) is 5.32 Å². The van der Waals surface area contributed by atoms with E-state index in [0.717, 1.165) is 25.4 Å². The third-order valence-electron chi connectivity index (χ3n) is 3.22. The molecule has 0 saturated heterocycles. The maximum Gasteiger partial charge on any atom is 0.123 e. The van der Waals surface area contributed by atoms with Gasteiger partial charge >= 0.3 is 0 Å². The van der Waals surface area contributed by atoms with Gasteiger partial charge in [0, 0.05) is 24.3 Å². The van der Waals surface area contributed by atoms with Gasteiger partial charge in [0.25, 0.3) is 0 Å². The van der Waals surface area contributed by atoms with Crippen molar-refractivity contribution < 1.29 is 4.42 Å². The van der Waals surface area contributed by atoms with Crippen LogP contribution in [0, 0.1) is 6.92 Å². The van der Waals surface area contributed by atoms with E-state index in [1.807, 2.05) is 13.3 Å². The third-order valence-corrected chi connectivity index (χ3v) is 3.22. The molecule has 2 rings (SSSR count). The first-order valence-electron chi connectivity index (χ1n) is 6.75. The summed E-state index contributed by atoms with van der Waals surface area (Å²) in [5.41, 5.74) is 3.71. The second-order valence-electron chi connectivity index (χ2n) is 4.80. The van der Waals surface area contributed by atoms with Gasteiger partial charge in [-0.1, -0.05) is 17.7 Å². The summed E-state index contributed by atoms with van der Waals surface area (Å²) in [5, 5.41) is 3.13. The molecule has 1 N–H and O–H groups in total. The maximum atomic E-state index is 5.61. The van der Waals surface area contributed by atoms with Crippen LogP contribution in [0.15, 0.2) is 41.0 Å². The molecule has 1 heterocycles. The second kappa shape index (κ2) is 6.43. The van der Waals surface area contributed by atoms with E-state index in [0.29, 0.717) is 0 Å². The molecule has 0 aliphatic heterocycles. The summed E-state index contributed by atoms with van der Waals surface area (Å²) in [6.07, 6.45) is 1.83. The van der Waals surface area contributed by atoms with Crippen molar-refractivity contribution in [3.05, 3.63) is 53.5 Å². The fraction of sp³-hybridized carbons (Fsp3) is 0.375. The Kier molecular flexibility index (Phi) is 4.63. The van der Waals surface area contributed by atoms with Crippen molar-refractivity contribution in [3.63, 3.8) is 0 Å². The number of benzene rings is 1. The molecule has 0 spiro atoms. The number of hydrogen-bond donors (Lipinski definition) is 1. The van der Waals surface area contributed by atoms with Gasteiger partial charge in [0.2, 0.25) is 0 Å². The highest BCUT2D eigenvalue weighted by Gasteiger charge is 2.08. The highest BCUT2D eigenvalue weighted by Crippen LogP contribution is 2.19. The maximum absolute atomic E-state index is 5.61. The van der Waals surface area contributed by atoms with Crippen LogP contribution in [0.5, 0.6) is 0 Å². The van der Waals surface area contributed by atoms with Crippen molar-refractivity contribution in [2.75, 3.05) is 18.5 Å². The van der Waals surface area contributed by atoms with Crippen molar-refractivity contribution in [3.8, 4) is 0 Å². The Balaban J connectivity index is 2.07. The summed E-state index contributed by atoms with van der Waals surface area (Å²) in [6, 6.07) is 10.7. The van der Waals surface area contributed by atoms with Crippen LogP contribution >= 0.6 is 0 Å². The highest BCUT2D eigenvalue weighted by molar-refractivity contribution is 5.47. The number of furan rings is 1. The minimum atomic E-state index is 0.809. The molecule has 0 amide bonds. The molecule has 0 saturated carbocycles. The molecule has 0 radical (unpaired) electrons. The van der Waals surface area contributed by atoms with Crippen LogP contribution in [0.1, 0.15) is 23.8 Å². The Bertz CT molecular complexity index is 502. The van der Waals surface area contributed by atoms with Gasteiger partial charge in [0.05, 0.1) is 12.8 Å². The van der Waals surface area contributed by atoms with Gasteiger partial charge in [0.1, 0.15) is 5.76 Å². The summed E-state index contributed by atoms with van der Waals surface area (Å²) >= 11 is 0. The van der Waals surface area contributed by atoms with Crippen LogP contribution in [0.25, 0.3) is 0 Å². The van der Waals surface area contributed by atoms with Crippen LogP contribution in [0.3, 0.4) is 0 Å². The van der Waals surface area contributed by atoms with E-state index in [1.165, 1.54) is 16.8 Å². The normalized spacial score (nSPS) is 10.7. The van der Waals surface area contributed by atoms with Crippen molar-refractivity contribution >= 4 is 5.69 Å². The summed E-state index contributed by atoms with van der Waals surface area (Å²) in [7, 11) is 1.94. The number of hydrogen-bond acceptors (Lipinski definition) is 3. The van der Waals surface area contributed by atoms with Crippen LogP contribution in [-0.2, 0) is 13.1 Å². The summed E-state index contributed by atoms with van der Waals surface area (Å²) in [4.78, 5) is 2.31. The number of nitrogens with one attached hydrogen (secondary N) is 1. The standard InChI is InChI=1S/C16H22N2O/c1-4-18(15-7-5-13(2)6-8-15)11-16-9-14(10-17-3)12-19-16/h5-9,12,17H,4,10-11H2,1-3H3. The van der Waals surface area contributed by atoms with E-state index in [1.54, 1.807) is 0 Å². The first-order chi connectivity index (χ1) is 9.22. The summed E-state index contributed by atoms with van der Waals surface area (Å²) < 4.78 is 5.61.